The number of carbonyl (C=O) groups excluding carboxylic acids is 2. The number of amides is 2. The zero-order chi connectivity index (χ0) is 13.1. The van der Waals surface area contributed by atoms with Crippen molar-refractivity contribution in [2.24, 2.45) is 0 Å². The van der Waals surface area contributed by atoms with E-state index in [9.17, 15) is 14.7 Å². The van der Waals surface area contributed by atoms with Crippen LogP contribution in [0.1, 0.15) is 12.5 Å². The van der Waals surface area contributed by atoms with E-state index < -0.39 is 18.2 Å². The smallest absolute Gasteiger partial charge is 0.245 e. The molecule has 1 saturated heterocycles. The van der Waals surface area contributed by atoms with Gasteiger partial charge in [-0.15, -0.1) is 0 Å². The number of benzene rings is 1. The van der Waals surface area contributed by atoms with Crippen LogP contribution >= 0.6 is 0 Å². The number of hydrogen-bond acceptors (Lipinski definition) is 3. The average molecular weight is 248 g/mol. The zero-order valence-electron chi connectivity index (χ0n) is 10.1. The fraction of sp³-hybridized carbons (Fsp3) is 0.385. The van der Waals surface area contributed by atoms with Crippen molar-refractivity contribution in [3.8, 4) is 0 Å². The Labute approximate surface area is 105 Å². The first kappa shape index (κ1) is 12.6. The van der Waals surface area contributed by atoms with Gasteiger partial charge in [-0.3, -0.25) is 9.59 Å². The largest absolute Gasteiger partial charge is 0.391 e. The maximum absolute atomic E-state index is 11.8. The summed E-state index contributed by atoms with van der Waals surface area (Å²) in [6, 6.07) is 8.04. The van der Waals surface area contributed by atoms with E-state index >= 15 is 0 Å². The Morgan fingerprint density at radius 3 is 2.44 bits per heavy atom. The number of carbonyl (C=O) groups is 2. The van der Waals surface area contributed by atoms with E-state index in [4.69, 9.17) is 0 Å². The maximum atomic E-state index is 11.8. The van der Waals surface area contributed by atoms with Gasteiger partial charge in [-0.2, -0.15) is 0 Å². The van der Waals surface area contributed by atoms with Gasteiger partial charge < -0.3 is 15.7 Å². The molecule has 3 atom stereocenters. The predicted molar refractivity (Wildman–Crippen MR) is 65.7 cm³/mol. The van der Waals surface area contributed by atoms with Gasteiger partial charge in [-0.1, -0.05) is 30.3 Å². The van der Waals surface area contributed by atoms with E-state index in [1.807, 2.05) is 30.3 Å². The molecule has 0 aliphatic carbocycles. The molecule has 0 unspecified atom stereocenters. The molecular weight excluding hydrogens is 232 g/mol. The molecule has 2 rings (SSSR count). The van der Waals surface area contributed by atoms with Crippen molar-refractivity contribution >= 4 is 11.8 Å². The minimum absolute atomic E-state index is 0.260. The predicted octanol–water partition coefficient (Wildman–Crippen LogP) is -0.407. The van der Waals surface area contributed by atoms with Gasteiger partial charge in [0.25, 0.3) is 0 Å². The fourth-order valence-electron chi connectivity index (χ4n) is 1.98. The van der Waals surface area contributed by atoms with Crippen molar-refractivity contribution in [1.29, 1.82) is 0 Å². The van der Waals surface area contributed by atoms with Crippen LogP contribution < -0.4 is 10.6 Å². The van der Waals surface area contributed by atoms with Gasteiger partial charge in [0.15, 0.2) is 0 Å². The molecular formula is C13H16N2O3. The molecule has 0 radical (unpaired) electrons. The van der Waals surface area contributed by atoms with Gasteiger partial charge in [0.05, 0.1) is 6.10 Å². The Hall–Kier alpha value is -1.88. The van der Waals surface area contributed by atoms with E-state index in [1.165, 1.54) is 6.92 Å². The lowest BCUT2D eigenvalue weighted by Gasteiger charge is -2.31. The topological polar surface area (TPSA) is 78.4 Å². The van der Waals surface area contributed by atoms with Crippen LogP contribution in [0.25, 0.3) is 0 Å². The molecule has 96 valence electrons. The highest BCUT2D eigenvalue weighted by Crippen LogP contribution is 2.08. The molecule has 0 saturated carbocycles. The number of hydrogen-bond donors (Lipinski definition) is 3. The van der Waals surface area contributed by atoms with E-state index in [-0.39, 0.29) is 11.8 Å². The third-order valence-electron chi connectivity index (χ3n) is 2.98. The van der Waals surface area contributed by atoms with Gasteiger partial charge in [-0.25, -0.2) is 0 Å². The Morgan fingerprint density at radius 2 is 1.83 bits per heavy atom. The Morgan fingerprint density at radius 1 is 1.17 bits per heavy atom. The van der Waals surface area contributed by atoms with Crippen LogP contribution in [-0.2, 0) is 16.0 Å². The summed E-state index contributed by atoms with van der Waals surface area (Å²) in [5.74, 6) is -0.602. The molecule has 5 nitrogen and oxygen atoms in total. The Balaban J connectivity index is 2.04. The lowest BCUT2D eigenvalue weighted by molar-refractivity contribution is -0.139. The van der Waals surface area contributed by atoms with Crippen LogP contribution in [0.5, 0.6) is 0 Å². The van der Waals surface area contributed by atoms with E-state index in [0.29, 0.717) is 6.42 Å². The molecule has 1 aliphatic rings. The summed E-state index contributed by atoms with van der Waals surface area (Å²) in [6.07, 6.45) is -0.447. The van der Waals surface area contributed by atoms with Crippen LogP contribution in [0.4, 0.5) is 0 Å². The molecule has 0 bridgehead atoms. The minimum Gasteiger partial charge on any atom is -0.391 e. The van der Waals surface area contributed by atoms with Crippen molar-refractivity contribution in [3.05, 3.63) is 35.9 Å². The second-order valence-electron chi connectivity index (χ2n) is 4.48. The Bertz CT molecular complexity index is 445. The molecule has 1 heterocycles. The van der Waals surface area contributed by atoms with Crippen molar-refractivity contribution in [2.75, 3.05) is 0 Å². The lowest BCUT2D eigenvalue weighted by Crippen LogP contribution is -2.65. The summed E-state index contributed by atoms with van der Waals surface area (Å²) in [5.41, 5.74) is 0.980. The van der Waals surface area contributed by atoms with Crippen LogP contribution in [0.2, 0.25) is 0 Å². The van der Waals surface area contributed by atoms with Gasteiger partial charge in [0.1, 0.15) is 12.1 Å². The number of piperazine rings is 1. The molecule has 1 aromatic rings. The highest BCUT2D eigenvalue weighted by molar-refractivity contribution is 5.97. The molecule has 3 N–H and O–H groups in total. The second-order valence-corrected chi connectivity index (χ2v) is 4.48. The summed E-state index contributed by atoms with van der Waals surface area (Å²) >= 11 is 0. The molecule has 5 heteroatoms. The number of nitrogens with one attached hydrogen (secondary N) is 2. The van der Waals surface area contributed by atoms with Crippen LogP contribution in [0, 0.1) is 0 Å². The monoisotopic (exact) mass is 248 g/mol. The standard InChI is InChI=1S/C13H16N2O3/c1-8(16)11-13(18)14-10(12(17)15-11)7-9-5-3-2-4-6-9/h2-6,8,10-11,16H,7H2,1H3,(H,14,18)(H,15,17)/t8-,10+,11+/m1/s1. The first-order valence-corrected chi connectivity index (χ1v) is 5.90. The summed E-state index contributed by atoms with van der Waals surface area (Å²) in [5, 5.41) is 14.5. The second kappa shape index (κ2) is 5.18. The first-order valence-electron chi connectivity index (χ1n) is 5.90. The number of rotatable bonds is 3. The third-order valence-corrected chi connectivity index (χ3v) is 2.98. The molecule has 1 aromatic carbocycles. The van der Waals surface area contributed by atoms with Crippen LogP contribution in [0.3, 0.4) is 0 Å². The minimum atomic E-state index is -0.897. The van der Waals surface area contributed by atoms with E-state index in [0.717, 1.165) is 5.56 Å². The zero-order valence-corrected chi connectivity index (χ0v) is 10.1. The number of aliphatic hydroxyl groups excluding tert-OH is 1. The summed E-state index contributed by atoms with van der Waals surface area (Å²) in [4.78, 5) is 23.5. The Kier molecular flexibility index (Phi) is 3.62. The molecule has 1 aliphatic heterocycles. The summed E-state index contributed by atoms with van der Waals surface area (Å²) in [7, 11) is 0. The number of aliphatic hydroxyl groups is 1. The quantitative estimate of drug-likeness (QED) is 0.680. The van der Waals surface area contributed by atoms with Crippen molar-refractivity contribution in [3.63, 3.8) is 0 Å². The van der Waals surface area contributed by atoms with Crippen molar-refractivity contribution in [1.82, 2.24) is 10.6 Å². The molecule has 2 amide bonds. The normalized spacial score (nSPS) is 25.2. The fourth-order valence-corrected chi connectivity index (χ4v) is 1.98. The highest BCUT2D eigenvalue weighted by atomic mass is 16.3. The van der Waals surface area contributed by atoms with Crippen LogP contribution in [0.15, 0.2) is 30.3 Å². The van der Waals surface area contributed by atoms with Crippen LogP contribution in [-0.4, -0.2) is 35.1 Å². The van der Waals surface area contributed by atoms with Gasteiger partial charge in [-0.05, 0) is 12.5 Å². The maximum Gasteiger partial charge on any atom is 0.245 e. The van der Waals surface area contributed by atoms with E-state index in [1.54, 1.807) is 0 Å². The molecule has 18 heavy (non-hydrogen) atoms. The average Bonchev–Trinajstić information content (AvgIpc) is 2.34. The summed E-state index contributed by atoms with van der Waals surface area (Å²) in [6.45, 7) is 1.47. The third kappa shape index (κ3) is 2.68. The first-order chi connectivity index (χ1) is 8.58. The molecule has 0 aromatic heterocycles. The van der Waals surface area contributed by atoms with Crippen molar-refractivity contribution in [2.45, 2.75) is 31.5 Å². The van der Waals surface area contributed by atoms with Gasteiger partial charge in [0.2, 0.25) is 11.8 Å². The summed E-state index contributed by atoms with van der Waals surface area (Å²) < 4.78 is 0. The van der Waals surface area contributed by atoms with Gasteiger partial charge in [0, 0.05) is 6.42 Å². The van der Waals surface area contributed by atoms with Gasteiger partial charge >= 0.3 is 0 Å². The SMILES string of the molecule is C[C@@H](O)[C@@H]1NC(=O)[C@H](Cc2ccccc2)NC1=O. The molecule has 1 fully saturated rings. The lowest BCUT2D eigenvalue weighted by atomic mass is 10.0. The molecule has 0 spiro atoms. The van der Waals surface area contributed by atoms with Crippen molar-refractivity contribution < 1.29 is 14.7 Å². The van der Waals surface area contributed by atoms with E-state index in [2.05, 4.69) is 10.6 Å². The highest BCUT2D eigenvalue weighted by Gasteiger charge is 2.35.